The number of nitrogens with zero attached hydrogens (tertiary/aromatic N) is 6. The van der Waals surface area contributed by atoms with Crippen molar-refractivity contribution in [3.63, 3.8) is 0 Å². The van der Waals surface area contributed by atoms with Crippen LogP contribution >= 0.6 is 11.6 Å². The van der Waals surface area contributed by atoms with E-state index < -0.39 is 57.6 Å². The number of nitrogen functional groups attached to an aromatic ring is 2. The molecule has 0 unspecified atom stereocenters. The molecular formula is C40H26ClF7N12O2. The highest BCUT2D eigenvalue weighted by Crippen LogP contribution is 2.42. The van der Waals surface area contributed by atoms with Gasteiger partial charge in [0.25, 0.3) is 0 Å². The van der Waals surface area contributed by atoms with Crippen LogP contribution < -0.4 is 32.7 Å². The standard InChI is InChI=1S/C40H26ClF7N12O2/c41-30-12-11-24(15-29(30)40(46,47)48)53-37(61)51-22-9-5-20(6-10-22)27-14-21(18-60-34(27)36(50)56-58-60)26-16-31(42)32(17-28(26)39(43,44)45)54-38(62)52-23-7-3-19(4-8-23)25-2-1-13-59-33(25)35(49)55-57-59/h1-18H,49-50H2,(H2,51,53,61)(H2,52,54,62). The Labute approximate surface area is 348 Å². The number of amides is 4. The Morgan fingerprint density at radius 1 is 0.581 bits per heavy atom. The summed E-state index contributed by atoms with van der Waals surface area (Å²) in [5, 5.41) is 24.4. The first kappa shape index (κ1) is 40.8. The van der Waals surface area contributed by atoms with Crippen LogP contribution in [0.4, 0.5) is 74.7 Å². The summed E-state index contributed by atoms with van der Waals surface area (Å²) >= 11 is 5.65. The second-order valence-electron chi connectivity index (χ2n) is 13.5. The summed E-state index contributed by atoms with van der Waals surface area (Å²) in [6.45, 7) is 0. The number of urea groups is 2. The third kappa shape index (κ3) is 8.15. The number of aromatic nitrogens is 6. The van der Waals surface area contributed by atoms with Crippen molar-refractivity contribution in [2.75, 3.05) is 32.7 Å². The molecule has 4 heterocycles. The highest BCUT2D eigenvalue weighted by Gasteiger charge is 2.36. The Hall–Kier alpha value is -7.94. The third-order valence-electron chi connectivity index (χ3n) is 9.41. The molecule has 0 aliphatic heterocycles. The lowest BCUT2D eigenvalue weighted by Crippen LogP contribution is -2.21. The number of hydrogen-bond acceptors (Lipinski definition) is 8. The van der Waals surface area contributed by atoms with Crippen molar-refractivity contribution >= 4 is 69.1 Å². The third-order valence-corrected chi connectivity index (χ3v) is 9.74. The second kappa shape index (κ2) is 15.6. The molecule has 0 atom stereocenters. The van der Waals surface area contributed by atoms with Crippen molar-refractivity contribution in [2.45, 2.75) is 12.4 Å². The monoisotopic (exact) mass is 874 g/mol. The normalized spacial score (nSPS) is 11.8. The number of anilines is 6. The molecule has 0 aliphatic rings. The first-order valence-electron chi connectivity index (χ1n) is 17.8. The number of carbonyl (C=O) groups excluding carboxylic acids is 2. The zero-order valence-corrected chi connectivity index (χ0v) is 31.8. The largest absolute Gasteiger partial charge is 0.417 e. The smallest absolute Gasteiger partial charge is 0.380 e. The minimum Gasteiger partial charge on any atom is -0.380 e. The van der Waals surface area contributed by atoms with E-state index in [0.717, 1.165) is 10.6 Å². The summed E-state index contributed by atoms with van der Waals surface area (Å²) in [6, 6.07) is 19.0. The Balaban J connectivity index is 1.03. The number of fused-ring (bicyclic) bond motifs is 2. The van der Waals surface area contributed by atoms with Crippen LogP contribution in [0.5, 0.6) is 0 Å². The van der Waals surface area contributed by atoms with Gasteiger partial charge >= 0.3 is 24.4 Å². The van der Waals surface area contributed by atoms with Crippen molar-refractivity contribution in [1.82, 2.24) is 29.7 Å². The maximum atomic E-state index is 15.7. The molecule has 4 aromatic heterocycles. The van der Waals surface area contributed by atoms with E-state index in [2.05, 4.69) is 41.9 Å². The fourth-order valence-corrected chi connectivity index (χ4v) is 6.85. The number of hydrogen-bond donors (Lipinski definition) is 6. The summed E-state index contributed by atoms with van der Waals surface area (Å²) in [6.07, 6.45) is -6.96. The van der Waals surface area contributed by atoms with E-state index in [9.17, 15) is 35.9 Å². The van der Waals surface area contributed by atoms with Gasteiger partial charge in [-0.1, -0.05) is 52.4 Å². The average molecular weight is 875 g/mol. The molecule has 0 saturated heterocycles. The first-order valence-corrected chi connectivity index (χ1v) is 18.2. The topological polar surface area (TPSA) is 195 Å². The zero-order valence-electron chi connectivity index (χ0n) is 31.1. The quantitative estimate of drug-likeness (QED) is 0.0851. The second-order valence-corrected chi connectivity index (χ2v) is 13.9. The van der Waals surface area contributed by atoms with E-state index in [1.165, 1.54) is 59.2 Å². The van der Waals surface area contributed by atoms with E-state index >= 15 is 4.39 Å². The van der Waals surface area contributed by atoms with Crippen LogP contribution in [0.15, 0.2) is 109 Å². The van der Waals surface area contributed by atoms with E-state index in [1.807, 2.05) is 0 Å². The summed E-state index contributed by atoms with van der Waals surface area (Å²) in [4.78, 5) is 25.6. The summed E-state index contributed by atoms with van der Waals surface area (Å²) < 4.78 is 102. The molecule has 0 saturated carbocycles. The van der Waals surface area contributed by atoms with Crippen molar-refractivity contribution < 1.29 is 40.3 Å². The minimum atomic E-state index is -5.05. The van der Waals surface area contributed by atoms with Crippen molar-refractivity contribution in [1.29, 1.82) is 0 Å². The van der Waals surface area contributed by atoms with Crippen LogP contribution in [0.1, 0.15) is 11.1 Å². The van der Waals surface area contributed by atoms with Gasteiger partial charge in [-0.15, -0.1) is 10.2 Å². The van der Waals surface area contributed by atoms with Gasteiger partial charge in [0.1, 0.15) is 16.9 Å². The molecule has 14 nitrogen and oxygen atoms in total. The Bertz CT molecular complexity index is 3040. The van der Waals surface area contributed by atoms with Crippen molar-refractivity contribution in [2.24, 2.45) is 0 Å². The van der Waals surface area contributed by atoms with Gasteiger partial charge in [-0.2, -0.15) is 26.3 Å². The van der Waals surface area contributed by atoms with Crippen LogP contribution in [0.25, 0.3) is 44.4 Å². The van der Waals surface area contributed by atoms with Crippen molar-refractivity contribution in [3.8, 4) is 33.4 Å². The van der Waals surface area contributed by atoms with Gasteiger partial charge < -0.3 is 32.7 Å². The lowest BCUT2D eigenvalue weighted by atomic mass is 9.95. The molecule has 0 bridgehead atoms. The van der Waals surface area contributed by atoms with Crippen molar-refractivity contribution in [3.05, 3.63) is 131 Å². The maximum absolute atomic E-state index is 15.7. The lowest BCUT2D eigenvalue weighted by molar-refractivity contribution is -0.138. The van der Waals surface area contributed by atoms with Crippen LogP contribution in [0.3, 0.4) is 0 Å². The highest BCUT2D eigenvalue weighted by atomic mass is 35.5. The number of nitrogens with one attached hydrogen (secondary N) is 4. The predicted molar refractivity (Wildman–Crippen MR) is 218 cm³/mol. The van der Waals surface area contributed by atoms with Gasteiger partial charge in [0.05, 0.1) is 21.8 Å². The Morgan fingerprint density at radius 3 is 1.73 bits per heavy atom. The SMILES string of the molecule is Nc1nnn2cccc(-c3ccc(NC(=O)Nc4cc(C(F)(F)F)c(-c5cc(-c6ccc(NC(=O)Nc7ccc(Cl)c(C(F)(F)F)c7)cc6)c6c(N)nnn6c5)cc4F)cc3)c12. The highest BCUT2D eigenvalue weighted by molar-refractivity contribution is 6.31. The van der Waals surface area contributed by atoms with E-state index in [1.54, 1.807) is 30.5 Å². The summed E-state index contributed by atoms with van der Waals surface area (Å²) in [5.74, 6) is -1.08. The first-order chi connectivity index (χ1) is 29.4. The summed E-state index contributed by atoms with van der Waals surface area (Å²) in [5.41, 5.74) is 11.0. The van der Waals surface area contributed by atoms with Gasteiger partial charge in [0.15, 0.2) is 11.6 Å². The number of nitrogens with two attached hydrogens (primary N) is 2. The van der Waals surface area contributed by atoms with E-state index in [4.69, 9.17) is 23.1 Å². The number of rotatable bonds is 7. The molecule has 314 valence electrons. The van der Waals surface area contributed by atoms with Gasteiger partial charge in [-0.3, -0.25) is 0 Å². The molecule has 0 aliphatic carbocycles. The Kier molecular flexibility index (Phi) is 10.3. The zero-order chi connectivity index (χ0) is 44.1. The Morgan fingerprint density at radius 2 is 1.11 bits per heavy atom. The molecular weight excluding hydrogens is 849 g/mol. The number of benzene rings is 4. The van der Waals surface area contributed by atoms with Gasteiger partial charge in [-0.05, 0) is 83.4 Å². The molecule has 22 heteroatoms. The van der Waals surface area contributed by atoms with Crippen LogP contribution in [-0.4, -0.2) is 41.7 Å². The fraction of sp³-hybridized carbons (Fsp3) is 0.0500. The van der Waals surface area contributed by atoms with E-state index in [0.29, 0.717) is 40.4 Å². The van der Waals surface area contributed by atoms with E-state index in [-0.39, 0.29) is 45.3 Å². The molecule has 8 N–H and O–H groups in total. The summed E-state index contributed by atoms with van der Waals surface area (Å²) in [7, 11) is 0. The van der Waals surface area contributed by atoms with Crippen LogP contribution in [-0.2, 0) is 12.4 Å². The molecule has 0 radical (unpaired) electrons. The molecule has 4 aromatic carbocycles. The van der Waals surface area contributed by atoms with Crippen LogP contribution in [0.2, 0.25) is 5.02 Å². The average Bonchev–Trinajstić information content (AvgIpc) is 3.80. The number of alkyl halides is 6. The number of pyridine rings is 2. The van der Waals surface area contributed by atoms with Gasteiger partial charge in [-0.25, -0.2) is 23.0 Å². The molecule has 8 rings (SSSR count). The molecule has 8 aromatic rings. The fourth-order valence-electron chi connectivity index (χ4n) is 6.63. The maximum Gasteiger partial charge on any atom is 0.417 e. The lowest BCUT2D eigenvalue weighted by Gasteiger charge is -2.18. The minimum absolute atomic E-state index is 0.0885. The number of halogens is 8. The molecule has 62 heavy (non-hydrogen) atoms. The molecule has 4 amide bonds. The number of carbonyl (C=O) groups is 2. The predicted octanol–water partition coefficient (Wildman–Crippen LogP) is 10.1. The molecule has 0 fully saturated rings. The van der Waals surface area contributed by atoms with Gasteiger partial charge in [0.2, 0.25) is 0 Å². The van der Waals surface area contributed by atoms with Crippen LogP contribution in [0, 0.1) is 5.82 Å². The van der Waals surface area contributed by atoms with Gasteiger partial charge in [0, 0.05) is 46.1 Å². The molecule has 0 spiro atoms.